The monoisotopic (exact) mass is 509 g/mol. The third kappa shape index (κ3) is 5.13. The number of pyridine rings is 1. The Morgan fingerprint density at radius 2 is 1.81 bits per heavy atom. The van der Waals surface area contributed by atoms with Gasteiger partial charge >= 0.3 is 0 Å². The van der Waals surface area contributed by atoms with Gasteiger partial charge in [0.25, 0.3) is 0 Å². The van der Waals surface area contributed by atoms with Gasteiger partial charge < -0.3 is 20.1 Å². The van der Waals surface area contributed by atoms with Crippen molar-refractivity contribution in [1.29, 1.82) is 0 Å². The Balaban J connectivity index is 1.45. The normalized spacial score (nSPS) is 17.0. The number of para-hydroxylation sites is 2. The van der Waals surface area contributed by atoms with Gasteiger partial charge in [0.05, 0.1) is 17.8 Å². The van der Waals surface area contributed by atoms with E-state index in [-0.39, 0.29) is 18.0 Å². The number of aromatic nitrogens is 2. The van der Waals surface area contributed by atoms with Crippen LogP contribution in [0.1, 0.15) is 47.9 Å². The summed E-state index contributed by atoms with van der Waals surface area (Å²) in [6, 6.07) is 26.1. The molecule has 0 radical (unpaired) electrons. The topological polar surface area (TPSA) is 62.2 Å². The summed E-state index contributed by atoms with van der Waals surface area (Å²) in [5.74, 6) is -0.0296. The second kappa shape index (κ2) is 11.0. The fraction of sp³-hybridized carbons (Fsp3) is 0.233. The van der Waals surface area contributed by atoms with Crippen LogP contribution in [0.3, 0.4) is 0 Å². The van der Waals surface area contributed by atoms with Crippen molar-refractivity contribution in [3.63, 3.8) is 0 Å². The Morgan fingerprint density at radius 1 is 1.03 bits per heavy atom. The fourth-order valence-electron chi connectivity index (χ4n) is 5.04. The molecule has 2 aromatic carbocycles. The van der Waals surface area contributed by atoms with E-state index >= 15 is 0 Å². The number of rotatable bonds is 8. The highest BCUT2D eigenvalue weighted by molar-refractivity contribution is 7.80. The molecule has 1 aliphatic heterocycles. The van der Waals surface area contributed by atoms with Crippen molar-refractivity contribution >= 4 is 28.9 Å². The number of benzene rings is 2. The van der Waals surface area contributed by atoms with Crippen LogP contribution in [0.5, 0.6) is 0 Å². The number of carbonyl (C=O) groups is 1. The van der Waals surface area contributed by atoms with Crippen molar-refractivity contribution in [2.24, 2.45) is 0 Å². The SMILES string of the molecule is CCc1ccccc1NC(=O)CCN1C(=S)N[C@H](c2ccccn2)[C@@H]1c1cccn1-c1ccccc1C. The lowest BCUT2D eigenvalue weighted by Gasteiger charge is -2.29. The minimum absolute atomic E-state index is 0.0296. The van der Waals surface area contributed by atoms with Gasteiger partial charge in [-0.15, -0.1) is 0 Å². The number of thiocarbonyl (C=S) groups is 1. The van der Waals surface area contributed by atoms with Gasteiger partial charge in [0.1, 0.15) is 0 Å². The Morgan fingerprint density at radius 3 is 2.59 bits per heavy atom. The number of amides is 1. The van der Waals surface area contributed by atoms with Gasteiger partial charge in [-0.05, 0) is 73.1 Å². The Bertz CT molecular complexity index is 1400. The van der Waals surface area contributed by atoms with Gasteiger partial charge in [0.2, 0.25) is 5.91 Å². The minimum atomic E-state index is -0.143. The van der Waals surface area contributed by atoms with Crippen LogP contribution in [0.25, 0.3) is 5.69 Å². The highest BCUT2D eigenvalue weighted by Gasteiger charge is 2.41. The Hall–Kier alpha value is -3.97. The van der Waals surface area contributed by atoms with Gasteiger partial charge in [0, 0.05) is 42.4 Å². The summed E-state index contributed by atoms with van der Waals surface area (Å²) in [6.45, 7) is 4.69. The number of aryl methyl sites for hydroxylation is 2. The smallest absolute Gasteiger partial charge is 0.226 e. The average Bonchev–Trinajstić information content (AvgIpc) is 3.52. The molecule has 0 bridgehead atoms. The van der Waals surface area contributed by atoms with E-state index in [9.17, 15) is 4.79 Å². The molecule has 2 atom stereocenters. The summed E-state index contributed by atoms with van der Waals surface area (Å²) in [5.41, 5.74) is 6.30. The Kier molecular flexibility index (Phi) is 7.32. The molecule has 0 spiro atoms. The molecular weight excluding hydrogens is 478 g/mol. The van der Waals surface area contributed by atoms with Gasteiger partial charge in [-0.1, -0.05) is 49.4 Å². The molecule has 4 aromatic rings. The summed E-state index contributed by atoms with van der Waals surface area (Å²) < 4.78 is 2.22. The molecule has 1 saturated heterocycles. The molecule has 6 nitrogen and oxygen atoms in total. The first-order valence-electron chi connectivity index (χ1n) is 12.7. The number of nitrogens with one attached hydrogen (secondary N) is 2. The first kappa shape index (κ1) is 24.7. The van der Waals surface area contributed by atoms with E-state index in [1.165, 1.54) is 5.56 Å². The zero-order chi connectivity index (χ0) is 25.8. The maximum absolute atomic E-state index is 13.0. The molecule has 2 aromatic heterocycles. The highest BCUT2D eigenvalue weighted by Crippen LogP contribution is 2.39. The predicted molar refractivity (Wildman–Crippen MR) is 152 cm³/mol. The summed E-state index contributed by atoms with van der Waals surface area (Å²) in [5, 5.41) is 7.21. The van der Waals surface area contributed by atoms with Gasteiger partial charge in [-0.2, -0.15) is 0 Å². The van der Waals surface area contributed by atoms with Crippen LogP contribution in [0.15, 0.2) is 91.3 Å². The molecule has 2 N–H and O–H groups in total. The summed E-state index contributed by atoms with van der Waals surface area (Å²) >= 11 is 5.82. The Labute approximate surface area is 223 Å². The van der Waals surface area contributed by atoms with Crippen molar-refractivity contribution < 1.29 is 4.79 Å². The van der Waals surface area contributed by atoms with E-state index in [1.54, 1.807) is 6.20 Å². The van der Waals surface area contributed by atoms with E-state index in [0.29, 0.717) is 18.1 Å². The van der Waals surface area contributed by atoms with Crippen molar-refractivity contribution in [3.8, 4) is 5.69 Å². The summed E-state index contributed by atoms with van der Waals surface area (Å²) in [6.07, 6.45) is 5.07. The molecule has 0 aliphatic carbocycles. The van der Waals surface area contributed by atoms with Crippen LogP contribution < -0.4 is 10.6 Å². The van der Waals surface area contributed by atoms with E-state index in [2.05, 4.69) is 75.5 Å². The van der Waals surface area contributed by atoms with Crippen molar-refractivity contribution in [2.45, 2.75) is 38.8 Å². The first-order valence-corrected chi connectivity index (χ1v) is 13.1. The van der Waals surface area contributed by atoms with Crippen LogP contribution in [0, 0.1) is 6.92 Å². The molecule has 1 amide bonds. The van der Waals surface area contributed by atoms with Crippen LogP contribution in [0.4, 0.5) is 5.69 Å². The third-order valence-electron chi connectivity index (χ3n) is 6.91. The number of hydrogen-bond donors (Lipinski definition) is 2. The molecule has 7 heteroatoms. The summed E-state index contributed by atoms with van der Waals surface area (Å²) in [4.78, 5) is 19.8. The largest absolute Gasteiger partial charge is 0.352 e. The van der Waals surface area contributed by atoms with Crippen LogP contribution in [-0.4, -0.2) is 32.0 Å². The second-order valence-corrected chi connectivity index (χ2v) is 9.61. The van der Waals surface area contributed by atoms with E-state index in [1.807, 2.05) is 48.5 Å². The highest BCUT2D eigenvalue weighted by atomic mass is 32.1. The molecule has 37 heavy (non-hydrogen) atoms. The van der Waals surface area contributed by atoms with Crippen LogP contribution in [-0.2, 0) is 11.2 Å². The molecule has 188 valence electrons. The molecule has 0 saturated carbocycles. The lowest BCUT2D eigenvalue weighted by atomic mass is 10.0. The molecule has 5 rings (SSSR count). The summed E-state index contributed by atoms with van der Waals surface area (Å²) in [7, 11) is 0. The first-order chi connectivity index (χ1) is 18.1. The van der Waals surface area contributed by atoms with Gasteiger partial charge in [-0.3, -0.25) is 9.78 Å². The molecular formula is C30H31N5OS. The zero-order valence-electron chi connectivity index (χ0n) is 21.1. The predicted octanol–water partition coefficient (Wildman–Crippen LogP) is 5.74. The lowest BCUT2D eigenvalue weighted by molar-refractivity contribution is -0.116. The lowest BCUT2D eigenvalue weighted by Crippen LogP contribution is -2.33. The second-order valence-electron chi connectivity index (χ2n) is 9.22. The molecule has 3 heterocycles. The minimum Gasteiger partial charge on any atom is -0.352 e. The number of hydrogen-bond acceptors (Lipinski definition) is 3. The number of carbonyl (C=O) groups excluding carboxylic acids is 1. The maximum atomic E-state index is 13.0. The van der Waals surface area contributed by atoms with Crippen molar-refractivity contribution in [2.75, 3.05) is 11.9 Å². The van der Waals surface area contributed by atoms with E-state index in [0.717, 1.165) is 34.7 Å². The molecule has 0 unspecified atom stereocenters. The third-order valence-corrected chi connectivity index (χ3v) is 7.26. The van der Waals surface area contributed by atoms with Crippen molar-refractivity contribution in [3.05, 3.63) is 114 Å². The standard InChI is InChI=1S/C30H31N5OS/c1-3-22-12-5-6-13-23(22)32-27(36)17-20-35-29(28(33-30(35)37)24-14-8-9-18-31-24)26-16-10-19-34(26)25-15-7-4-11-21(25)2/h4-16,18-19,28-29H,3,17,20H2,1-2H3,(H,32,36)(H,33,37)/t28-,29+/m1/s1. The number of anilines is 1. The fourth-order valence-corrected chi connectivity index (χ4v) is 5.37. The molecule has 1 aliphatic rings. The van der Waals surface area contributed by atoms with E-state index < -0.39 is 0 Å². The maximum Gasteiger partial charge on any atom is 0.226 e. The van der Waals surface area contributed by atoms with Gasteiger partial charge in [0.15, 0.2) is 5.11 Å². The van der Waals surface area contributed by atoms with Crippen LogP contribution >= 0.6 is 12.2 Å². The van der Waals surface area contributed by atoms with Crippen LogP contribution in [0.2, 0.25) is 0 Å². The zero-order valence-corrected chi connectivity index (χ0v) is 21.9. The number of nitrogens with zero attached hydrogens (tertiary/aromatic N) is 3. The quantitative estimate of drug-likeness (QED) is 0.297. The molecule has 1 fully saturated rings. The van der Waals surface area contributed by atoms with Gasteiger partial charge in [-0.25, -0.2) is 0 Å². The van der Waals surface area contributed by atoms with E-state index in [4.69, 9.17) is 12.2 Å². The average molecular weight is 510 g/mol. The van der Waals surface area contributed by atoms with Crippen molar-refractivity contribution in [1.82, 2.24) is 19.8 Å².